The molecular weight excluding hydrogens is 436 g/mol. The summed E-state index contributed by atoms with van der Waals surface area (Å²) >= 11 is 5.44. The molecule has 0 aromatic heterocycles. The molecule has 0 radical (unpaired) electrons. The van der Waals surface area contributed by atoms with Gasteiger partial charge in [0.2, 0.25) is 0 Å². The first-order chi connectivity index (χ1) is 16.0. The average Bonchev–Trinajstić information content (AvgIpc) is 2.86. The van der Waals surface area contributed by atoms with Crippen molar-refractivity contribution in [1.29, 1.82) is 0 Å². The first-order valence-electron chi connectivity index (χ1n) is 10.5. The molecule has 6 nitrogen and oxygen atoms in total. The van der Waals surface area contributed by atoms with Gasteiger partial charge in [0.15, 0.2) is 5.11 Å². The normalized spacial score (nSPS) is 10.4. The van der Waals surface area contributed by atoms with Crippen LogP contribution >= 0.6 is 12.2 Å². The zero-order valence-corrected chi connectivity index (χ0v) is 19.4. The molecule has 0 aliphatic carbocycles. The van der Waals surface area contributed by atoms with Crippen molar-refractivity contribution in [1.82, 2.24) is 5.32 Å². The fourth-order valence-corrected chi connectivity index (χ4v) is 3.79. The molecule has 170 valence electrons. The molecule has 0 saturated carbocycles. The highest BCUT2D eigenvalue weighted by Gasteiger charge is 2.16. The van der Waals surface area contributed by atoms with E-state index in [1.807, 2.05) is 36.4 Å². The van der Waals surface area contributed by atoms with E-state index in [0.29, 0.717) is 17.3 Å². The Labute approximate surface area is 198 Å². The smallest absolute Gasteiger partial charge is 0.337 e. The number of hydrogen-bond acceptors (Lipinski definition) is 5. The number of ether oxygens (including phenoxy) is 2. The predicted octanol–water partition coefficient (Wildman–Crippen LogP) is 4.77. The van der Waals surface area contributed by atoms with E-state index in [0.717, 1.165) is 6.42 Å². The van der Waals surface area contributed by atoms with Crippen molar-refractivity contribution < 1.29 is 19.1 Å². The van der Waals surface area contributed by atoms with Gasteiger partial charge < -0.3 is 20.1 Å². The largest absolute Gasteiger partial charge is 0.465 e. The van der Waals surface area contributed by atoms with Crippen molar-refractivity contribution in [3.63, 3.8) is 0 Å². The minimum absolute atomic E-state index is 0.219. The van der Waals surface area contributed by atoms with Crippen LogP contribution in [0.5, 0.6) is 0 Å². The van der Waals surface area contributed by atoms with Crippen molar-refractivity contribution in [2.75, 3.05) is 26.1 Å². The van der Waals surface area contributed by atoms with Crippen LogP contribution in [-0.4, -0.2) is 37.8 Å². The fourth-order valence-electron chi connectivity index (χ4n) is 3.57. The Hall–Kier alpha value is -3.71. The van der Waals surface area contributed by atoms with Crippen LogP contribution in [0.1, 0.15) is 44.2 Å². The second kappa shape index (κ2) is 11.8. The second-order valence-electron chi connectivity index (χ2n) is 7.33. The molecular formula is C26H26N2O4S. The topological polar surface area (TPSA) is 76.7 Å². The Morgan fingerprint density at radius 2 is 1.30 bits per heavy atom. The molecule has 2 N–H and O–H groups in total. The summed E-state index contributed by atoms with van der Waals surface area (Å²) in [6.45, 7) is 0.626. The number of methoxy groups -OCH3 is 2. The number of hydrogen-bond donors (Lipinski definition) is 2. The number of rotatable bonds is 8. The lowest BCUT2D eigenvalue weighted by atomic mass is 9.88. The third kappa shape index (κ3) is 6.63. The number of carbonyl (C=O) groups excluding carboxylic acids is 2. The zero-order valence-electron chi connectivity index (χ0n) is 18.5. The van der Waals surface area contributed by atoms with Gasteiger partial charge in [-0.3, -0.25) is 0 Å². The number of nitrogens with one attached hydrogen (secondary N) is 2. The molecule has 0 fully saturated rings. The van der Waals surface area contributed by atoms with Gasteiger partial charge in [0.25, 0.3) is 0 Å². The van der Waals surface area contributed by atoms with Crippen molar-refractivity contribution >= 4 is 35.0 Å². The summed E-state index contributed by atoms with van der Waals surface area (Å²) in [6.07, 6.45) is 0.825. The van der Waals surface area contributed by atoms with Crippen LogP contribution in [0.25, 0.3) is 0 Å². The maximum atomic E-state index is 12.0. The monoisotopic (exact) mass is 462 g/mol. The summed E-state index contributed by atoms with van der Waals surface area (Å²) in [6, 6.07) is 25.2. The SMILES string of the molecule is COC(=O)c1cc(NC(=S)NCCC(c2ccccc2)c2ccccc2)cc(C(=O)OC)c1. The average molecular weight is 463 g/mol. The Morgan fingerprint density at radius 1 is 0.818 bits per heavy atom. The van der Waals surface area contributed by atoms with Crippen molar-refractivity contribution in [3.05, 3.63) is 101 Å². The van der Waals surface area contributed by atoms with Gasteiger partial charge in [-0.25, -0.2) is 9.59 Å². The molecule has 0 unspecified atom stereocenters. The van der Waals surface area contributed by atoms with Gasteiger partial charge in [0.1, 0.15) is 0 Å². The highest BCUT2D eigenvalue weighted by atomic mass is 32.1. The maximum absolute atomic E-state index is 12.0. The molecule has 0 saturated heterocycles. The summed E-state index contributed by atoms with van der Waals surface area (Å²) in [4.78, 5) is 24.0. The molecule has 0 heterocycles. The Balaban J connectivity index is 1.68. The third-order valence-corrected chi connectivity index (χ3v) is 5.40. The lowest BCUT2D eigenvalue weighted by Crippen LogP contribution is -2.30. The molecule has 3 aromatic carbocycles. The van der Waals surface area contributed by atoms with Gasteiger partial charge in [-0.1, -0.05) is 60.7 Å². The van der Waals surface area contributed by atoms with Crippen molar-refractivity contribution in [3.8, 4) is 0 Å². The van der Waals surface area contributed by atoms with E-state index in [9.17, 15) is 9.59 Å². The summed E-state index contributed by atoms with van der Waals surface area (Å²) in [7, 11) is 2.56. The second-order valence-corrected chi connectivity index (χ2v) is 7.73. The maximum Gasteiger partial charge on any atom is 0.337 e. The Bertz CT molecular complexity index is 1030. The minimum Gasteiger partial charge on any atom is -0.465 e. The van der Waals surface area contributed by atoms with E-state index in [1.165, 1.54) is 31.4 Å². The molecule has 0 bridgehead atoms. The van der Waals surface area contributed by atoms with Crippen LogP contribution in [0.15, 0.2) is 78.9 Å². The highest BCUT2D eigenvalue weighted by Crippen LogP contribution is 2.27. The third-order valence-electron chi connectivity index (χ3n) is 5.16. The van der Waals surface area contributed by atoms with Crippen LogP contribution in [0.3, 0.4) is 0 Å². The van der Waals surface area contributed by atoms with Gasteiger partial charge >= 0.3 is 11.9 Å². The molecule has 0 atom stereocenters. The first kappa shape index (κ1) is 23.9. The van der Waals surface area contributed by atoms with Crippen LogP contribution in [-0.2, 0) is 9.47 Å². The van der Waals surface area contributed by atoms with Gasteiger partial charge in [-0.05, 0) is 48.0 Å². The number of anilines is 1. The quantitative estimate of drug-likeness (QED) is 0.369. The number of thiocarbonyl (C=S) groups is 1. The van der Waals surface area contributed by atoms with Gasteiger partial charge in [-0.15, -0.1) is 0 Å². The zero-order chi connectivity index (χ0) is 23.6. The van der Waals surface area contributed by atoms with Crippen molar-refractivity contribution in [2.24, 2.45) is 0 Å². The molecule has 33 heavy (non-hydrogen) atoms. The predicted molar refractivity (Wildman–Crippen MR) is 133 cm³/mol. The number of esters is 2. The van der Waals surface area contributed by atoms with Crippen LogP contribution in [0.4, 0.5) is 5.69 Å². The Morgan fingerprint density at radius 3 is 1.76 bits per heavy atom. The standard InChI is InChI=1S/C26H26N2O4S/c1-31-24(29)20-15-21(25(30)32-2)17-22(16-20)28-26(33)27-14-13-23(18-9-5-3-6-10-18)19-11-7-4-8-12-19/h3-12,15-17,23H,13-14H2,1-2H3,(H2,27,28,33). The van der Waals surface area contributed by atoms with E-state index in [1.54, 1.807) is 12.1 Å². The molecule has 0 aliphatic heterocycles. The Kier molecular flexibility index (Phi) is 8.55. The van der Waals surface area contributed by atoms with E-state index in [-0.39, 0.29) is 17.0 Å². The molecule has 0 amide bonds. The molecule has 7 heteroatoms. The highest BCUT2D eigenvalue weighted by molar-refractivity contribution is 7.80. The van der Waals surface area contributed by atoms with Gasteiger partial charge in [0, 0.05) is 18.2 Å². The summed E-state index contributed by atoms with van der Waals surface area (Å²) in [5.74, 6) is -0.899. The van der Waals surface area contributed by atoms with E-state index >= 15 is 0 Å². The lowest BCUT2D eigenvalue weighted by molar-refractivity contribution is 0.0599. The molecule has 3 rings (SSSR count). The summed E-state index contributed by atoms with van der Waals surface area (Å²) in [5.41, 5.74) is 3.40. The minimum atomic E-state index is -0.559. The fraction of sp³-hybridized carbons (Fsp3) is 0.192. The molecule has 3 aromatic rings. The summed E-state index contributed by atoms with van der Waals surface area (Å²) in [5, 5.41) is 6.64. The van der Waals surface area contributed by atoms with Gasteiger partial charge in [-0.2, -0.15) is 0 Å². The number of benzene rings is 3. The molecule has 0 aliphatic rings. The van der Waals surface area contributed by atoms with Crippen LogP contribution < -0.4 is 10.6 Å². The van der Waals surface area contributed by atoms with Gasteiger partial charge in [0.05, 0.1) is 25.3 Å². The molecule has 0 spiro atoms. The lowest BCUT2D eigenvalue weighted by Gasteiger charge is -2.19. The van der Waals surface area contributed by atoms with E-state index in [2.05, 4.69) is 34.9 Å². The van der Waals surface area contributed by atoms with Crippen LogP contribution in [0.2, 0.25) is 0 Å². The van der Waals surface area contributed by atoms with Crippen LogP contribution in [0, 0.1) is 0 Å². The van der Waals surface area contributed by atoms with Crippen molar-refractivity contribution in [2.45, 2.75) is 12.3 Å². The van der Waals surface area contributed by atoms with E-state index in [4.69, 9.17) is 21.7 Å². The summed E-state index contributed by atoms with van der Waals surface area (Å²) < 4.78 is 9.55. The number of carbonyl (C=O) groups is 2. The first-order valence-corrected chi connectivity index (χ1v) is 10.9. The van der Waals surface area contributed by atoms with E-state index < -0.39 is 11.9 Å².